The smallest absolute Gasteiger partial charge is 0.171 e. The van der Waals surface area contributed by atoms with Crippen molar-refractivity contribution in [1.29, 1.82) is 0 Å². The molecule has 3 heterocycles. The Hall–Kier alpha value is -2.91. The molecule has 0 aliphatic carbocycles. The molecule has 5 rings (SSSR count). The number of methoxy groups -OCH3 is 2. The van der Waals surface area contributed by atoms with E-state index >= 15 is 0 Å². The normalized spacial score (nSPS) is 17.5. The van der Waals surface area contributed by atoms with Gasteiger partial charge in [-0.3, -0.25) is 0 Å². The highest BCUT2D eigenvalue weighted by Crippen LogP contribution is 2.41. The summed E-state index contributed by atoms with van der Waals surface area (Å²) in [5.74, 6) is 1.62. The van der Waals surface area contributed by atoms with Crippen molar-refractivity contribution < 1.29 is 29.2 Å². The molecule has 0 amide bonds. The van der Waals surface area contributed by atoms with Crippen LogP contribution in [0.1, 0.15) is 24.0 Å². The van der Waals surface area contributed by atoms with E-state index in [0.717, 1.165) is 53.6 Å². The first-order valence-electron chi connectivity index (χ1n) is 11.5. The summed E-state index contributed by atoms with van der Waals surface area (Å²) in [7, 11) is 3.20. The Morgan fingerprint density at radius 2 is 1.68 bits per heavy atom. The molecule has 0 unspecified atom stereocenters. The maximum Gasteiger partial charge on any atom is 0.171 e. The third-order valence-electron chi connectivity index (χ3n) is 6.87. The largest absolute Gasteiger partial charge is 0.493 e. The van der Waals surface area contributed by atoms with E-state index in [-0.39, 0.29) is 13.2 Å². The molecule has 0 bridgehead atoms. The maximum atomic E-state index is 10.3. The average molecular weight is 467 g/mol. The molecule has 0 saturated carbocycles. The molecule has 8 nitrogen and oxygen atoms in total. The van der Waals surface area contributed by atoms with Crippen LogP contribution in [-0.2, 0) is 22.7 Å². The van der Waals surface area contributed by atoms with E-state index in [4.69, 9.17) is 18.9 Å². The number of piperidine rings is 1. The minimum atomic E-state index is -0.445. The molecule has 34 heavy (non-hydrogen) atoms. The molecule has 8 heteroatoms. The molecule has 2 N–H and O–H groups in total. The lowest BCUT2D eigenvalue weighted by atomic mass is 9.90. The van der Waals surface area contributed by atoms with Crippen molar-refractivity contribution in [2.75, 3.05) is 45.4 Å². The Morgan fingerprint density at radius 1 is 0.971 bits per heavy atom. The summed E-state index contributed by atoms with van der Waals surface area (Å²) >= 11 is 0. The molecule has 2 aliphatic rings. The summed E-state index contributed by atoms with van der Waals surface area (Å²) in [6.07, 6.45) is 3.37. The molecule has 0 radical (unpaired) electrons. The van der Waals surface area contributed by atoms with Gasteiger partial charge < -0.3 is 34.1 Å². The zero-order valence-electron chi connectivity index (χ0n) is 19.5. The van der Waals surface area contributed by atoms with E-state index in [1.54, 1.807) is 20.4 Å². The van der Waals surface area contributed by atoms with Crippen molar-refractivity contribution in [2.24, 2.45) is 0 Å². The third kappa shape index (κ3) is 3.96. The van der Waals surface area contributed by atoms with Crippen LogP contribution in [0.3, 0.4) is 0 Å². The van der Waals surface area contributed by atoms with E-state index in [0.29, 0.717) is 35.8 Å². The number of benzene rings is 2. The van der Waals surface area contributed by atoms with E-state index in [1.807, 2.05) is 30.3 Å². The molecule has 3 aromatic rings. The van der Waals surface area contributed by atoms with Gasteiger partial charge in [-0.25, -0.2) is 4.98 Å². The molecular weight excluding hydrogens is 436 g/mol. The quantitative estimate of drug-likeness (QED) is 0.572. The van der Waals surface area contributed by atoms with E-state index in [2.05, 4.69) is 9.88 Å². The molecule has 2 aromatic carbocycles. The number of hydrogen-bond acceptors (Lipinski definition) is 8. The predicted molar refractivity (Wildman–Crippen MR) is 128 cm³/mol. The third-order valence-corrected chi connectivity index (χ3v) is 6.87. The number of hydrogen-bond donors (Lipinski definition) is 2. The number of aliphatic hydroxyl groups is 2. The summed E-state index contributed by atoms with van der Waals surface area (Å²) in [4.78, 5) is 6.87. The van der Waals surface area contributed by atoms with Crippen LogP contribution >= 0.6 is 0 Å². The number of aromatic nitrogens is 1. The van der Waals surface area contributed by atoms with Gasteiger partial charge in [0.2, 0.25) is 0 Å². The van der Waals surface area contributed by atoms with Crippen LogP contribution in [0, 0.1) is 0 Å². The van der Waals surface area contributed by atoms with Crippen molar-refractivity contribution >= 4 is 16.6 Å². The molecule has 1 spiro atoms. The van der Waals surface area contributed by atoms with Crippen LogP contribution in [0.5, 0.6) is 11.5 Å². The lowest BCUT2D eigenvalue weighted by molar-refractivity contribution is -0.169. The second-order valence-electron chi connectivity index (χ2n) is 8.63. The fraction of sp³-hybridized carbons (Fsp3) is 0.423. The van der Waals surface area contributed by atoms with Gasteiger partial charge in [0.15, 0.2) is 17.3 Å². The van der Waals surface area contributed by atoms with Gasteiger partial charge in [0.05, 0.1) is 40.6 Å². The number of aliphatic hydroxyl groups excluding tert-OH is 2. The lowest BCUT2D eigenvalue weighted by Crippen LogP contribution is -2.45. The standard InChI is InChI=1S/C26H30N2O6/c1-31-22-12-18-11-19(15-29)21(16-30)25(20(18)14-23(22)32-2)17-3-6-27-24(13-17)28-7-4-26(5-8-28)33-9-10-34-26/h3,6,11-14,29-30H,4-5,7-10,15-16H2,1-2H3. The number of fused-ring (bicyclic) bond motifs is 1. The molecule has 2 fully saturated rings. The van der Waals surface area contributed by atoms with Crippen molar-refractivity contribution in [3.05, 3.63) is 47.7 Å². The van der Waals surface area contributed by atoms with Crippen molar-refractivity contribution in [1.82, 2.24) is 4.98 Å². The first kappa shape index (κ1) is 22.9. The molecule has 180 valence electrons. The van der Waals surface area contributed by atoms with Crippen molar-refractivity contribution in [3.63, 3.8) is 0 Å². The maximum absolute atomic E-state index is 10.3. The zero-order valence-corrected chi connectivity index (χ0v) is 19.5. The van der Waals surface area contributed by atoms with E-state index < -0.39 is 5.79 Å². The SMILES string of the molecule is COc1cc2cc(CO)c(CO)c(-c3ccnc(N4CCC5(CC4)OCCO5)c3)c2cc1OC. The van der Waals surface area contributed by atoms with Gasteiger partial charge >= 0.3 is 0 Å². The number of rotatable bonds is 6. The van der Waals surface area contributed by atoms with Crippen LogP contribution in [-0.4, -0.2) is 61.5 Å². The fourth-order valence-corrected chi connectivity index (χ4v) is 5.09. The highest BCUT2D eigenvalue weighted by molar-refractivity contribution is 6.01. The number of pyridine rings is 1. The topological polar surface area (TPSA) is 93.5 Å². The molecule has 2 saturated heterocycles. The van der Waals surface area contributed by atoms with Crippen LogP contribution in [0.2, 0.25) is 0 Å². The molecular formula is C26H30N2O6. The second kappa shape index (κ2) is 9.38. The van der Waals surface area contributed by atoms with Crippen molar-refractivity contribution in [2.45, 2.75) is 31.8 Å². The van der Waals surface area contributed by atoms with Crippen LogP contribution in [0.15, 0.2) is 36.5 Å². The van der Waals surface area contributed by atoms with Gasteiger partial charge in [0.1, 0.15) is 5.82 Å². The van der Waals surface area contributed by atoms with Crippen LogP contribution in [0.4, 0.5) is 5.82 Å². The van der Waals surface area contributed by atoms with Gasteiger partial charge in [-0.2, -0.15) is 0 Å². The Morgan fingerprint density at radius 3 is 2.32 bits per heavy atom. The number of ether oxygens (including phenoxy) is 4. The predicted octanol–water partition coefficient (Wildman–Crippen LogP) is 3.25. The lowest BCUT2D eigenvalue weighted by Gasteiger charge is -2.38. The fourth-order valence-electron chi connectivity index (χ4n) is 5.09. The van der Waals surface area contributed by atoms with Crippen LogP contribution < -0.4 is 14.4 Å². The van der Waals surface area contributed by atoms with Gasteiger partial charge in [-0.1, -0.05) is 0 Å². The van der Waals surface area contributed by atoms with Gasteiger partial charge in [0, 0.05) is 32.1 Å². The highest BCUT2D eigenvalue weighted by Gasteiger charge is 2.40. The first-order chi connectivity index (χ1) is 16.6. The zero-order chi connectivity index (χ0) is 23.7. The minimum Gasteiger partial charge on any atom is -0.493 e. The monoisotopic (exact) mass is 466 g/mol. The molecule has 0 atom stereocenters. The Bertz CT molecular complexity index is 1180. The second-order valence-corrected chi connectivity index (χ2v) is 8.63. The average Bonchev–Trinajstić information content (AvgIpc) is 3.34. The number of nitrogens with zero attached hydrogens (tertiary/aromatic N) is 2. The number of anilines is 1. The Balaban J connectivity index is 1.59. The summed E-state index contributed by atoms with van der Waals surface area (Å²) in [5.41, 5.74) is 3.12. The van der Waals surface area contributed by atoms with Crippen molar-refractivity contribution in [3.8, 4) is 22.6 Å². The molecule has 2 aliphatic heterocycles. The highest BCUT2D eigenvalue weighted by atomic mass is 16.7. The summed E-state index contributed by atoms with van der Waals surface area (Å²) in [6, 6.07) is 9.68. The summed E-state index contributed by atoms with van der Waals surface area (Å²) in [5, 5.41) is 22.1. The van der Waals surface area contributed by atoms with Gasteiger partial charge in [-0.05, 0) is 63.4 Å². The molecule has 1 aromatic heterocycles. The minimum absolute atomic E-state index is 0.181. The summed E-state index contributed by atoms with van der Waals surface area (Å²) < 4.78 is 22.8. The van der Waals surface area contributed by atoms with E-state index in [1.165, 1.54) is 0 Å². The Labute approximate surface area is 198 Å². The Kier molecular flexibility index (Phi) is 6.31. The van der Waals surface area contributed by atoms with Crippen LogP contribution in [0.25, 0.3) is 21.9 Å². The van der Waals surface area contributed by atoms with E-state index in [9.17, 15) is 10.2 Å². The first-order valence-corrected chi connectivity index (χ1v) is 11.5. The van der Waals surface area contributed by atoms with Gasteiger partial charge in [0.25, 0.3) is 0 Å². The summed E-state index contributed by atoms with van der Waals surface area (Å²) in [6.45, 7) is 2.49. The van der Waals surface area contributed by atoms with Gasteiger partial charge in [-0.15, -0.1) is 0 Å².